The smallest absolute Gasteiger partial charge is 0.259 e. The van der Waals surface area contributed by atoms with Crippen LogP contribution < -0.4 is 5.43 Å². The molecule has 2 heterocycles. The Morgan fingerprint density at radius 1 is 1.40 bits per heavy atom. The highest BCUT2D eigenvalue weighted by Crippen LogP contribution is 2.08. The summed E-state index contributed by atoms with van der Waals surface area (Å²) in [5, 5.41) is 3.77. The number of nitrogens with zero attached hydrogens (tertiary/aromatic N) is 3. The molecule has 0 fully saturated rings. The van der Waals surface area contributed by atoms with Gasteiger partial charge in [-0.1, -0.05) is 5.16 Å². The highest BCUT2D eigenvalue weighted by Gasteiger charge is 2.17. The van der Waals surface area contributed by atoms with E-state index in [9.17, 15) is 9.59 Å². The summed E-state index contributed by atoms with van der Waals surface area (Å²) in [4.78, 5) is 25.6. The highest BCUT2D eigenvalue weighted by molar-refractivity contribution is 5.93. The average molecular weight is 275 g/mol. The van der Waals surface area contributed by atoms with Gasteiger partial charge in [-0.25, -0.2) is 0 Å². The maximum Gasteiger partial charge on any atom is 0.259 e. The highest BCUT2D eigenvalue weighted by atomic mass is 16.5. The number of carbonyl (C=O) groups is 1. The van der Waals surface area contributed by atoms with E-state index in [2.05, 4.69) is 5.16 Å². The Bertz CT molecular complexity index is 700. The first-order valence-corrected chi connectivity index (χ1v) is 6.23. The van der Waals surface area contributed by atoms with E-state index in [0.29, 0.717) is 5.76 Å². The van der Waals surface area contributed by atoms with Crippen molar-refractivity contribution in [2.75, 3.05) is 7.05 Å². The molecule has 0 aromatic carbocycles. The van der Waals surface area contributed by atoms with E-state index in [1.807, 2.05) is 13.8 Å². The number of carbonyl (C=O) groups excluding carboxylic acids is 1. The van der Waals surface area contributed by atoms with Gasteiger partial charge < -0.3 is 14.0 Å². The van der Waals surface area contributed by atoms with Crippen LogP contribution in [0.4, 0.5) is 0 Å². The van der Waals surface area contributed by atoms with Crippen molar-refractivity contribution in [2.24, 2.45) is 7.05 Å². The number of amides is 1. The standard InChI is InChI=1S/C14H17N3O3/c1-9-5-11(20-15-9)7-17(4)14(19)12-8-16(3)10(2)6-13(12)18/h5-6,8H,7H2,1-4H3. The van der Waals surface area contributed by atoms with Crippen molar-refractivity contribution in [3.8, 4) is 0 Å². The van der Waals surface area contributed by atoms with Crippen LogP contribution in [0.25, 0.3) is 0 Å². The molecule has 0 aliphatic heterocycles. The first-order valence-electron chi connectivity index (χ1n) is 6.23. The molecule has 0 bridgehead atoms. The van der Waals surface area contributed by atoms with Gasteiger partial charge in [0.15, 0.2) is 11.2 Å². The molecule has 0 spiro atoms. The number of aromatic nitrogens is 2. The van der Waals surface area contributed by atoms with Gasteiger partial charge in [-0.2, -0.15) is 0 Å². The minimum atomic E-state index is -0.334. The first-order chi connectivity index (χ1) is 9.38. The zero-order chi connectivity index (χ0) is 14.9. The predicted molar refractivity (Wildman–Crippen MR) is 73.5 cm³/mol. The maximum absolute atomic E-state index is 12.3. The van der Waals surface area contributed by atoms with Crippen LogP contribution in [0.5, 0.6) is 0 Å². The molecule has 1 amide bonds. The minimum Gasteiger partial charge on any atom is -0.359 e. The van der Waals surface area contributed by atoms with Gasteiger partial charge in [-0.05, 0) is 13.8 Å². The largest absolute Gasteiger partial charge is 0.359 e. The van der Waals surface area contributed by atoms with Crippen LogP contribution in [-0.4, -0.2) is 27.6 Å². The van der Waals surface area contributed by atoms with Crippen molar-refractivity contribution in [1.29, 1.82) is 0 Å². The van der Waals surface area contributed by atoms with Crippen molar-refractivity contribution in [3.05, 3.63) is 51.3 Å². The second-order valence-electron chi connectivity index (χ2n) is 4.90. The Labute approximate surface area is 116 Å². The van der Waals surface area contributed by atoms with E-state index in [4.69, 9.17) is 4.52 Å². The van der Waals surface area contributed by atoms with E-state index in [1.54, 1.807) is 30.9 Å². The number of aryl methyl sites for hydroxylation is 3. The Morgan fingerprint density at radius 3 is 2.70 bits per heavy atom. The van der Waals surface area contributed by atoms with Gasteiger partial charge in [0, 0.05) is 38.1 Å². The van der Waals surface area contributed by atoms with E-state index in [0.717, 1.165) is 11.4 Å². The summed E-state index contributed by atoms with van der Waals surface area (Å²) in [5.41, 5.74) is 1.44. The molecule has 0 aliphatic carbocycles. The molecule has 106 valence electrons. The van der Waals surface area contributed by atoms with E-state index in [1.165, 1.54) is 11.0 Å². The Kier molecular flexibility index (Phi) is 3.74. The molecule has 2 aromatic rings. The molecule has 0 atom stereocenters. The van der Waals surface area contributed by atoms with Crippen molar-refractivity contribution >= 4 is 5.91 Å². The molecule has 0 saturated carbocycles. The monoisotopic (exact) mass is 275 g/mol. The fourth-order valence-electron chi connectivity index (χ4n) is 1.89. The topological polar surface area (TPSA) is 68.3 Å². The Morgan fingerprint density at radius 2 is 2.10 bits per heavy atom. The van der Waals surface area contributed by atoms with Crippen molar-refractivity contribution < 1.29 is 9.32 Å². The zero-order valence-electron chi connectivity index (χ0n) is 12.0. The van der Waals surface area contributed by atoms with Gasteiger partial charge in [0.2, 0.25) is 0 Å². The summed E-state index contributed by atoms with van der Waals surface area (Å²) in [6, 6.07) is 3.22. The van der Waals surface area contributed by atoms with Gasteiger partial charge >= 0.3 is 0 Å². The van der Waals surface area contributed by atoms with Crippen LogP contribution in [0.2, 0.25) is 0 Å². The fourth-order valence-corrected chi connectivity index (χ4v) is 1.89. The molecule has 2 aromatic heterocycles. The Hall–Kier alpha value is -2.37. The maximum atomic E-state index is 12.3. The lowest BCUT2D eigenvalue weighted by Gasteiger charge is -2.16. The molecule has 0 unspecified atom stereocenters. The molecular weight excluding hydrogens is 258 g/mol. The molecule has 6 heteroatoms. The number of pyridine rings is 1. The minimum absolute atomic E-state index is 0.150. The quantitative estimate of drug-likeness (QED) is 0.845. The van der Waals surface area contributed by atoms with Gasteiger partial charge in [0.25, 0.3) is 5.91 Å². The summed E-state index contributed by atoms with van der Waals surface area (Å²) in [7, 11) is 3.42. The van der Waals surface area contributed by atoms with Crippen molar-refractivity contribution in [3.63, 3.8) is 0 Å². The van der Waals surface area contributed by atoms with E-state index in [-0.39, 0.29) is 23.4 Å². The zero-order valence-corrected chi connectivity index (χ0v) is 12.0. The lowest BCUT2D eigenvalue weighted by atomic mass is 10.2. The van der Waals surface area contributed by atoms with Gasteiger partial charge in [-0.3, -0.25) is 9.59 Å². The molecule has 0 N–H and O–H groups in total. The van der Waals surface area contributed by atoms with E-state index >= 15 is 0 Å². The molecule has 0 aliphatic rings. The molecule has 6 nitrogen and oxygen atoms in total. The third kappa shape index (κ3) is 2.79. The number of hydrogen-bond acceptors (Lipinski definition) is 4. The molecule has 0 radical (unpaired) electrons. The van der Waals surface area contributed by atoms with Crippen LogP contribution in [-0.2, 0) is 13.6 Å². The summed E-state index contributed by atoms with van der Waals surface area (Å²) < 4.78 is 6.82. The summed E-state index contributed by atoms with van der Waals surface area (Å²) in [5.74, 6) is 0.252. The van der Waals surface area contributed by atoms with Crippen molar-refractivity contribution in [2.45, 2.75) is 20.4 Å². The summed E-state index contributed by atoms with van der Waals surface area (Å²) >= 11 is 0. The number of hydrogen-bond donors (Lipinski definition) is 0. The third-order valence-electron chi connectivity index (χ3n) is 3.13. The predicted octanol–water partition coefficient (Wildman–Crippen LogP) is 1.26. The molecule has 20 heavy (non-hydrogen) atoms. The third-order valence-corrected chi connectivity index (χ3v) is 3.13. The van der Waals surface area contributed by atoms with Crippen LogP contribution >= 0.6 is 0 Å². The fraction of sp³-hybridized carbons (Fsp3) is 0.357. The van der Waals surface area contributed by atoms with Gasteiger partial charge in [0.05, 0.1) is 12.2 Å². The lowest BCUT2D eigenvalue weighted by molar-refractivity contribution is 0.0770. The summed E-state index contributed by atoms with van der Waals surface area (Å²) in [6.07, 6.45) is 1.56. The molecule has 0 saturated heterocycles. The van der Waals surface area contributed by atoms with Crippen molar-refractivity contribution in [1.82, 2.24) is 14.6 Å². The number of rotatable bonds is 3. The van der Waals surface area contributed by atoms with Crippen LogP contribution in [0, 0.1) is 13.8 Å². The molecular formula is C14H17N3O3. The van der Waals surface area contributed by atoms with Crippen LogP contribution in [0.15, 0.2) is 27.6 Å². The van der Waals surface area contributed by atoms with Gasteiger partial charge in [0.1, 0.15) is 5.56 Å². The lowest BCUT2D eigenvalue weighted by Crippen LogP contribution is -2.31. The van der Waals surface area contributed by atoms with E-state index < -0.39 is 0 Å². The van der Waals surface area contributed by atoms with Gasteiger partial charge in [-0.15, -0.1) is 0 Å². The second kappa shape index (κ2) is 5.32. The van der Waals surface area contributed by atoms with Crippen LogP contribution in [0.3, 0.4) is 0 Å². The van der Waals surface area contributed by atoms with Crippen LogP contribution in [0.1, 0.15) is 27.5 Å². The second-order valence-corrected chi connectivity index (χ2v) is 4.90. The Balaban J connectivity index is 2.23. The summed E-state index contributed by atoms with van der Waals surface area (Å²) in [6.45, 7) is 3.90. The SMILES string of the molecule is Cc1cc(CN(C)C(=O)c2cn(C)c(C)cc2=O)on1. The molecule has 2 rings (SSSR count). The first kappa shape index (κ1) is 14.0. The normalized spacial score (nSPS) is 10.6. The average Bonchev–Trinajstić information content (AvgIpc) is 2.78.